The molecule has 1 aliphatic carbocycles. The zero-order chi connectivity index (χ0) is 35.3. The quantitative estimate of drug-likeness (QED) is 0.179. The molecule has 0 saturated heterocycles. The van der Waals surface area contributed by atoms with Crippen LogP contribution in [-0.4, -0.2) is 4.57 Å². The van der Waals surface area contributed by atoms with E-state index in [0.29, 0.717) is 0 Å². The summed E-state index contributed by atoms with van der Waals surface area (Å²) in [5, 5.41) is 4.86. The van der Waals surface area contributed by atoms with Gasteiger partial charge in [0.1, 0.15) is 0 Å². The van der Waals surface area contributed by atoms with Gasteiger partial charge in [-0.3, -0.25) is 0 Å². The zero-order valence-electron chi connectivity index (χ0n) is 29.4. The van der Waals surface area contributed by atoms with Crippen LogP contribution in [0.2, 0.25) is 0 Å². The standard InChI is InChI=1S/C50H37N3/c1-35-41-21-9-11-25-46(41)51(38-19-3-2-4-20-38)34-33-45-44-24-10-12-26-49(44)53(50(35)45)40-31-29-39(30-32-40)52(47-27-13-17-36-15-5-7-22-42(36)47)48-28-14-18-37-16-6-8-23-43(37)48/h2-11,13-25,27-34H,1,12,26H2/b34-33-. The van der Waals surface area contributed by atoms with Crippen LogP contribution in [-0.2, 0) is 6.42 Å². The summed E-state index contributed by atoms with van der Waals surface area (Å²) >= 11 is 0. The van der Waals surface area contributed by atoms with Crippen LogP contribution in [0, 0.1) is 0 Å². The topological polar surface area (TPSA) is 11.4 Å². The van der Waals surface area contributed by atoms with Crippen molar-refractivity contribution in [3.05, 3.63) is 211 Å². The van der Waals surface area contributed by atoms with Gasteiger partial charge in [0.05, 0.1) is 22.8 Å². The maximum Gasteiger partial charge on any atom is 0.0611 e. The van der Waals surface area contributed by atoms with Gasteiger partial charge < -0.3 is 14.4 Å². The average molecular weight is 680 g/mol. The van der Waals surface area contributed by atoms with E-state index in [1.165, 1.54) is 38.4 Å². The van der Waals surface area contributed by atoms with Crippen LogP contribution in [0.1, 0.15) is 34.5 Å². The van der Waals surface area contributed by atoms with Gasteiger partial charge in [-0.25, -0.2) is 0 Å². The van der Waals surface area contributed by atoms with E-state index in [0.717, 1.165) is 63.8 Å². The molecule has 0 unspecified atom stereocenters. The van der Waals surface area contributed by atoms with Crippen molar-refractivity contribution in [1.29, 1.82) is 0 Å². The van der Waals surface area contributed by atoms with E-state index < -0.39 is 0 Å². The number of allylic oxidation sites excluding steroid dienone is 1. The number of aromatic nitrogens is 1. The molecule has 0 fully saturated rings. The molecule has 0 radical (unpaired) electrons. The Morgan fingerprint density at radius 3 is 1.87 bits per heavy atom. The summed E-state index contributed by atoms with van der Waals surface area (Å²) in [4.78, 5) is 4.70. The van der Waals surface area contributed by atoms with Crippen LogP contribution < -0.4 is 9.80 Å². The Balaban J connectivity index is 1.16. The highest BCUT2D eigenvalue weighted by Gasteiger charge is 2.28. The molecule has 0 amide bonds. The zero-order valence-corrected chi connectivity index (χ0v) is 29.4. The van der Waals surface area contributed by atoms with Gasteiger partial charge in [0.25, 0.3) is 0 Å². The van der Waals surface area contributed by atoms with E-state index in [2.05, 4.69) is 203 Å². The molecule has 1 aromatic heterocycles. The van der Waals surface area contributed by atoms with Crippen LogP contribution in [0.25, 0.3) is 45.0 Å². The molecule has 3 heteroatoms. The van der Waals surface area contributed by atoms with Crippen molar-refractivity contribution in [1.82, 2.24) is 4.57 Å². The van der Waals surface area contributed by atoms with E-state index >= 15 is 0 Å². The number of benzene rings is 7. The highest BCUT2D eigenvalue weighted by Crippen LogP contribution is 2.45. The Hall–Kier alpha value is -6.84. The minimum Gasteiger partial charge on any atom is -0.317 e. The minimum atomic E-state index is 0.962. The Kier molecular flexibility index (Phi) is 7.43. The van der Waals surface area contributed by atoms with E-state index in [1.807, 2.05) is 0 Å². The Morgan fingerprint density at radius 2 is 1.15 bits per heavy atom. The molecule has 0 bridgehead atoms. The average Bonchev–Trinajstić information content (AvgIpc) is 3.55. The number of rotatable bonds is 5. The van der Waals surface area contributed by atoms with Crippen LogP contribution in [0.5, 0.6) is 0 Å². The number of fused-ring (bicyclic) bond motifs is 6. The maximum absolute atomic E-state index is 4.83. The second kappa shape index (κ2) is 12.7. The van der Waals surface area contributed by atoms with E-state index in [-0.39, 0.29) is 0 Å². The summed E-state index contributed by atoms with van der Waals surface area (Å²) in [6, 6.07) is 58.9. The van der Waals surface area contributed by atoms with E-state index in [4.69, 9.17) is 6.58 Å². The smallest absolute Gasteiger partial charge is 0.0611 e. The maximum atomic E-state index is 4.83. The van der Waals surface area contributed by atoms with Gasteiger partial charge in [-0.2, -0.15) is 0 Å². The van der Waals surface area contributed by atoms with E-state index in [1.54, 1.807) is 0 Å². The summed E-state index contributed by atoms with van der Waals surface area (Å²) in [6.45, 7) is 4.83. The predicted molar refractivity (Wildman–Crippen MR) is 225 cm³/mol. The number of nitrogens with zero attached hydrogens (tertiary/aromatic N) is 3. The lowest BCUT2D eigenvalue weighted by atomic mass is 9.94. The summed E-state index contributed by atoms with van der Waals surface area (Å²) < 4.78 is 2.47. The summed E-state index contributed by atoms with van der Waals surface area (Å²) in [5.74, 6) is 0. The lowest BCUT2D eigenvalue weighted by Crippen LogP contribution is -2.14. The third kappa shape index (κ3) is 5.12. The molecule has 53 heavy (non-hydrogen) atoms. The molecule has 252 valence electrons. The molecule has 0 N–H and O–H groups in total. The fourth-order valence-corrected chi connectivity index (χ4v) is 8.34. The molecule has 7 aromatic carbocycles. The van der Waals surface area contributed by atoms with E-state index in [9.17, 15) is 0 Å². The van der Waals surface area contributed by atoms with Crippen molar-refractivity contribution < 1.29 is 0 Å². The third-order valence-electron chi connectivity index (χ3n) is 10.8. The number of anilines is 5. The molecule has 10 rings (SSSR count). The molecule has 3 nitrogen and oxygen atoms in total. The summed E-state index contributed by atoms with van der Waals surface area (Å²) in [6.07, 6.45) is 11.1. The number of para-hydroxylation sites is 2. The van der Waals surface area contributed by atoms with Gasteiger partial charge in [0.2, 0.25) is 0 Å². The Bertz CT molecular complexity index is 2660. The van der Waals surface area contributed by atoms with Gasteiger partial charge >= 0.3 is 0 Å². The highest BCUT2D eigenvalue weighted by atomic mass is 15.1. The van der Waals surface area contributed by atoms with Gasteiger partial charge in [0.15, 0.2) is 0 Å². The second-order valence-electron chi connectivity index (χ2n) is 13.8. The molecular formula is C50H37N3. The monoisotopic (exact) mass is 679 g/mol. The van der Waals surface area contributed by atoms with Gasteiger partial charge in [-0.1, -0.05) is 128 Å². The molecule has 0 spiro atoms. The second-order valence-corrected chi connectivity index (χ2v) is 13.8. The molecular weight excluding hydrogens is 643 g/mol. The van der Waals surface area contributed by atoms with Crippen molar-refractivity contribution in [2.45, 2.75) is 12.8 Å². The Morgan fingerprint density at radius 1 is 0.528 bits per heavy atom. The van der Waals surface area contributed by atoms with Crippen LogP contribution in [0.3, 0.4) is 0 Å². The fraction of sp³-hybridized carbons (Fsp3) is 0.0400. The van der Waals surface area contributed by atoms with Crippen molar-refractivity contribution in [3.63, 3.8) is 0 Å². The summed E-state index contributed by atoms with van der Waals surface area (Å²) in [7, 11) is 0. The minimum absolute atomic E-state index is 0.962. The molecule has 2 aliphatic rings. The Labute approximate surface area is 310 Å². The van der Waals surface area contributed by atoms with Crippen molar-refractivity contribution in [2.75, 3.05) is 9.80 Å². The molecule has 0 saturated carbocycles. The fourth-order valence-electron chi connectivity index (χ4n) is 8.34. The first-order valence-electron chi connectivity index (χ1n) is 18.4. The third-order valence-corrected chi connectivity index (χ3v) is 10.8. The van der Waals surface area contributed by atoms with Crippen molar-refractivity contribution >= 4 is 67.7 Å². The van der Waals surface area contributed by atoms with Crippen LogP contribution in [0.4, 0.5) is 28.4 Å². The lowest BCUT2D eigenvalue weighted by Gasteiger charge is -2.29. The van der Waals surface area contributed by atoms with Crippen LogP contribution >= 0.6 is 0 Å². The molecule has 0 atom stereocenters. The normalized spacial score (nSPS) is 14.0. The SMILES string of the molecule is C=C1c2ccccc2N(c2ccccc2)/C=C\c2c3c(n(-c4ccc(N(c5cccc6ccccc56)c5cccc6ccccc56)cc4)c21)CCC=C3. The highest BCUT2D eigenvalue weighted by molar-refractivity contribution is 6.05. The summed E-state index contributed by atoms with van der Waals surface area (Å²) in [5.41, 5.74) is 13.8. The number of hydrogen-bond donors (Lipinski definition) is 0. The van der Waals surface area contributed by atoms with Gasteiger partial charge in [-0.05, 0) is 84.3 Å². The van der Waals surface area contributed by atoms with Gasteiger partial charge in [-0.15, -0.1) is 0 Å². The molecule has 1 aliphatic heterocycles. The lowest BCUT2D eigenvalue weighted by molar-refractivity contribution is 0.868. The number of hydrogen-bond acceptors (Lipinski definition) is 2. The molecule has 2 heterocycles. The first kappa shape index (κ1) is 30.9. The molecule has 8 aromatic rings. The first-order chi connectivity index (χ1) is 26.2. The predicted octanol–water partition coefficient (Wildman–Crippen LogP) is 13.4. The van der Waals surface area contributed by atoms with Crippen LogP contribution in [0.15, 0.2) is 183 Å². The van der Waals surface area contributed by atoms with Crippen molar-refractivity contribution in [3.8, 4) is 5.69 Å². The largest absolute Gasteiger partial charge is 0.317 e. The van der Waals surface area contributed by atoms with Crippen molar-refractivity contribution in [2.24, 2.45) is 0 Å². The van der Waals surface area contributed by atoms with Gasteiger partial charge in [0, 0.05) is 62.0 Å². The first-order valence-corrected chi connectivity index (χ1v) is 18.4.